The Morgan fingerprint density at radius 2 is 2.14 bits per heavy atom. The van der Waals surface area contributed by atoms with Crippen molar-refractivity contribution in [3.8, 4) is 0 Å². The maximum absolute atomic E-state index is 13.5. The zero-order valence-electron chi connectivity index (χ0n) is 11.9. The van der Waals surface area contributed by atoms with Crippen LogP contribution in [-0.2, 0) is 11.3 Å². The Morgan fingerprint density at radius 1 is 1.45 bits per heavy atom. The van der Waals surface area contributed by atoms with Crippen LogP contribution in [0.1, 0.15) is 0 Å². The first-order valence-corrected chi connectivity index (χ1v) is 7.05. The lowest BCUT2D eigenvalue weighted by molar-refractivity contribution is 0.132. The van der Waals surface area contributed by atoms with Gasteiger partial charge in [0.05, 0.1) is 22.5 Å². The molecule has 118 valence electrons. The number of nitrogens with one attached hydrogen (secondary N) is 1. The zero-order chi connectivity index (χ0) is 16.4. The Bertz CT molecular complexity index is 846. The van der Waals surface area contributed by atoms with Crippen molar-refractivity contribution in [3.63, 3.8) is 0 Å². The van der Waals surface area contributed by atoms with E-state index in [1.54, 1.807) is 0 Å². The van der Waals surface area contributed by atoms with Crippen LogP contribution < -0.4 is 11.2 Å². The number of hydrogen-bond acceptors (Lipinski definition) is 4. The van der Waals surface area contributed by atoms with Crippen LogP contribution >= 0.6 is 15.9 Å². The molecule has 2 rings (SSSR count). The third-order valence-electron chi connectivity index (χ3n) is 3.17. The van der Waals surface area contributed by atoms with Crippen molar-refractivity contribution < 1.29 is 13.9 Å². The van der Waals surface area contributed by atoms with Crippen LogP contribution in [0.15, 0.2) is 26.2 Å². The largest absolute Gasteiger partial charge is 0.453 e. The molecule has 0 atom stereocenters. The van der Waals surface area contributed by atoms with Gasteiger partial charge in [0.25, 0.3) is 5.56 Å². The van der Waals surface area contributed by atoms with Gasteiger partial charge in [-0.05, 0) is 28.1 Å². The van der Waals surface area contributed by atoms with E-state index in [1.165, 1.54) is 25.1 Å². The lowest BCUT2D eigenvalue weighted by Crippen LogP contribution is -2.39. The van der Waals surface area contributed by atoms with E-state index in [2.05, 4.69) is 25.7 Å². The average molecular weight is 374 g/mol. The molecule has 7 nitrogen and oxygen atoms in total. The molecule has 1 heterocycles. The Morgan fingerprint density at radius 3 is 2.77 bits per heavy atom. The summed E-state index contributed by atoms with van der Waals surface area (Å²) in [6.45, 7) is 0.105. The van der Waals surface area contributed by atoms with E-state index >= 15 is 0 Å². The average Bonchev–Trinajstić information content (AvgIpc) is 2.48. The van der Waals surface area contributed by atoms with Crippen molar-refractivity contribution >= 4 is 32.9 Å². The summed E-state index contributed by atoms with van der Waals surface area (Å²) in [6, 6.07) is 2.39. The molecule has 0 aliphatic rings. The number of carbonyl (C=O) groups excluding carboxylic acids is 1. The first-order valence-electron chi connectivity index (χ1n) is 6.26. The molecule has 0 saturated carbocycles. The molecule has 2 aromatic rings. The SMILES string of the molecule is COC(=O)N(C)CCn1c(=O)[nH]c2cc(F)c(Br)cc2c1=O. The smallest absolute Gasteiger partial charge is 0.409 e. The lowest BCUT2D eigenvalue weighted by atomic mass is 10.2. The molecular weight excluding hydrogens is 361 g/mol. The van der Waals surface area contributed by atoms with Crippen molar-refractivity contribution in [1.29, 1.82) is 0 Å². The molecule has 0 bridgehead atoms. The third kappa shape index (κ3) is 3.03. The van der Waals surface area contributed by atoms with Gasteiger partial charge in [-0.3, -0.25) is 9.36 Å². The number of H-pyrrole nitrogens is 1. The van der Waals surface area contributed by atoms with Gasteiger partial charge in [-0.2, -0.15) is 0 Å². The minimum absolute atomic E-state index is 0.00922. The number of amides is 1. The van der Waals surface area contributed by atoms with Crippen molar-refractivity contribution in [2.75, 3.05) is 20.7 Å². The third-order valence-corrected chi connectivity index (χ3v) is 3.78. The summed E-state index contributed by atoms with van der Waals surface area (Å²) < 4.78 is 19.1. The standard InChI is InChI=1S/C13H13BrFN3O4/c1-17(13(21)22-2)3-4-18-11(19)7-5-8(14)9(15)6-10(7)16-12(18)20/h5-6H,3-4H2,1-2H3,(H,16,20). The van der Waals surface area contributed by atoms with Gasteiger partial charge in [0.1, 0.15) is 5.82 Å². The van der Waals surface area contributed by atoms with E-state index in [0.717, 1.165) is 10.6 Å². The number of halogens is 2. The van der Waals surface area contributed by atoms with E-state index in [4.69, 9.17) is 0 Å². The van der Waals surface area contributed by atoms with Crippen LogP contribution in [0.25, 0.3) is 10.9 Å². The summed E-state index contributed by atoms with van der Waals surface area (Å²) in [5.41, 5.74) is -1.11. The molecule has 0 saturated heterocycles. The summed E-state index contributed by atoms with van der Waals surface area (Å²) in [4.78, 5) is 39.2. The molecule has 1 amide bonds. The normalized spacial score (nSPS) is 10.7. The van der Waals surface area contributed by atoms with Crippen LogP contribution in [0.5, 0.6) is 0 Å². The quantitative estimate of drug-likeness (QED) is 0.878. The number of benzene rings is 1. The predicted molar refractivity (Wildman–Crippen MR) is 81.5 cm³/mol. The van der Waals surface area contributed by atoms with Crippen molar-refractivity contribution in [1.82, 2.24) is 14.5 Å². The Kier molecular flexibility index (Phi) is 4.65. The predicted octanol–water partition coefficient (Wildman–Crippen LogP) is 1.29. The zero-order valence-corrected chi connectivity index (χ0v) is 13.4. The topological polar surface area (TPSA) is 84.4 Å². The number of nitrogens with zero attached hydrogens (tertiary/aromatic N) is 2. The number of aromatic nitrogens is 2. The molecule has 0 radical (unpaired) electrons. The summed E-state index contributed by atoms with van der Waals surface area (Å²) >= 11 is 3.00. The highest BCUT2D eigenvalue weighted by molar-refractivity contribution is 9.10. The highest BCUT2D eigenvalue weighted by Gasteiger charge is 2.13. The van der Waals surface area contributed by atoms with E-state index < -0.39 is 23.2 Å². The van der Waals surface area contributed by atoms with Gasteiger partial charge in [0, 0.05) is 20.1 Å². The second-order valence-corrected chi connectivity index (χ2v) is 5.44. The molecule has 22 heavy (non-hydrogen) atoms. The van der Waals surface area contributed by atoms with Crippen LogP contribution in [-0.4, -0.2) is 41.2 Å². The molecular formula is C13H13BrFN3O4. The molecule has 0 spiro atoms. The van der Waals surface area contributed by atoms with Crippen LogP contribution in [0.4, 0.5) is 9.18 Å². The highest BCUT2D eigenvalue weighted by Crippen LogP contribution is 2.19. The van der Waals surface area contributed by atoms with E-state index in [0.29, 0.717) is 0 Å². The van der Waals surface area contributed by atoms with Gasteiger partial charge in [-0.1, -0.05) is 0 Å². The highest BCUT2D eigenvalue weighted by atomic mass is 79.9. The maximum atomic E-state index is 13.5. The Labute approximate surface area is 132 Å². The lowest BCUT2D eigenvalue weighted by Gasteiger charge is -2.15. The number of methoxy groups -OCH3 is 1. The molecule has 0 aliphatic heterocycles. The van der Waals surface area contributed by atoms with Gasteiger partial charge in [0.15, 0.2) is 0 Å². The number of hydrogen-bond donors (Lipinski definition) is 1. The number of ether oxygens (including phenoxy) is 1. The molecule has 0 fully saturated rings. The van der Waals surface area contributed by atoms with Crippen molar-refractivity contribution in [2.24, 2.45) is 0 Å². The molecule has 1 aromatic heterocycles. The molecule has 0 unspecified atom stereocenters. The van der Waals surface area contributed by atoms with Crippen LogP contribution in [0.2, 0.25) is 0 Å². The minimum Gasteiger partial charge on any atom is -0.453 e. The van der Waals surface area contributed by atoms with Gasteiger partial charge in [0.2, 0.25) is 0 Å². The fraction of sp³-hybridized carbons (Fsp3) is 0.308. The van der Waals surface area contributed by atoms with Gasteiger partial charge < -0.3 is 14.6 Å². The minimum atomic E-state index is -0.669. The molecule has 1 N–H and O–H groups in total. The van der Waals surface area contributed by atoms with Crippen molar-refractivity contribution in [3.05, 3.63) is 43.3 Å². The van der Waals surface area contributed by atoms with Gasteiger partial charge in [-0.15, -0.1) is 0 Å². The molecule has 1 aromatic carbocycles. The summed E-state index contributed by atoms with van der Waals surface area (Å²) in [6.07, 6.45) is -0.574. The number of aromatic amines is 1. The van der Waals surface area contributed by atoms with Crippen LogP contribution in [0, 0.1) is 5.82 Å². The Balaban J connectivity index is 2.43. The molecule has 9 heteroatoms. The first-order chi connectivity index (χ1) is 10.3. The second-order valence-electron chi connectivity index (χ2n) is 4.59. The van der Waals surface area contributed by atoms with Crippen LogP contribution in [0.3, 0.4) is 0 Å². The maximum Gasteiger partial charge on any atom is 0.409 e. The van der Waals surface area contributed by atoms with Crippen molar-refractivity contribution in [2.45, 2.75) is 6.54 Å². The Hall–Kier alpha value is -2.16. The summed E-state index contributed by atoms with van der Waals surface area (Å²) in [5.74, 6) is -0.578. The summed E-state index contributed by atoms with van der Waals surface area (Å²) in [7, 11) is 2.72. The van der Waals surface area contributed by atoms with E-state index in [-0.39, 0.29) is 28.5 Å². The fourth-order valence-corrected chi connectivity index (χ4v) is 2.29. The van der Waals surface area contributed by atoms with E-state index in [1.807, 2.05) is 0 Å². The van der Waals surface area contributed by atoms with Gasteiger partial charge in [-0.25, -0.2) is 14.0 Å². The fourth-order valence-electron chi connectivity index (χ4n) is 1.95. The summed E-state index contributed by atoms with van der Waals surface area (Å²) in [5, 5.41) is 0.175. The number of fused-ring (bicyclic) bond motifs is 1. The molecule has 0 aliphatic carbocycles. The van der Waals surface area contributed by atoms with Gasteiger partial charge >= 0.3 is 11.8 Å². The second kappa shape index (κ2) is 6.30. The number of likely N-dealkylation sites (N-methyl/N-ethyl adjacent to an activating group) is 1. The monoisotopic (exact) mass is 373 g/mol. The first kappa shape index (κ1) is 16.2. The number of carbonyl (C=O) groups is 1. The number of rotatable bonds is 3. The van der Waals surface area contributed by atoms with E-state index in [9.17, 15) is 18.8 Å².